The third-order valence-corrected chi connectivity index (χ3v) is 5.77. The molecule has 2 heterocycles. The third kappa shape index (κ3) is 4.12. The van der Waals surface area contributed by atoms with Gasteiger partial charge in [0.15, 0.2) is 0 Å². The quantitative estimate of drug-likeness (QED) is 0.702. The van der Waals surface area contributed by atoms with Crippen LogP contribution in [0.25, 0.3) is 0 Å². The van der Waals surface area contributed by atoms with Crippen LogP contribution in [0.15, 0.2) is 48.5 Å². The molecule has 0 bridgehead atoms. The Balaban J connectivity index is 1.21. The van der Waals surface area contributed by atoms with Crippen molar-refractivity contribution >= 4 is 23.4 Å². The fourth-order valence-electron chi connectivity index (χ4n) is 3.91. The Morgan fingerprint density at radius 1 is 0.750 bits per heavy atom. The maximum atomic E-state index is 12.4. The molecule has 1 fully saturated rings. The summed E-state index contributed by atoms with van der Waals surface area (Å²) in [7, 11) is 0. The van der Waals surface area contributed by atoms with Crippen molar-refractivity contribution in [2.24, 2.45) is 0 Å². The highest BCUT2D eigenvalue weighted by molar-refractivity contribution is 6.30. The molecule has 2 aliphatic rings. The van der Waals surface area contributed by atoms with Crippen LogP contribution in [0.3, 0.4) is 0 Å². The first kappa shape index (κ1) is 19.1. The van der Waals surface area contributed by atoms with Gasteiger partial charge >= 0.3 is 0 Å². The van der Waals surface area contributed by atoms with Gasteiger partial charge in [0.25, 0.3) is 11.8 Å². The van der Waals surface area contributed by atoms with E-state index in [1.165, 1.54) is 10.5 Å². The smallest absolute Gasteiger partial charge is 0.261 e. The second-order valence-electron chi connectivity index (χ2n) is 7.41. The molecule has 1 saturated heterocycles. The maximum Gasteiger partial charge on any atom is 0.261 e. The van der Waals surface area contributed by atoms with Gasteiger partial charge in [0.1, 0.15) is 0 Å². The van der Waals surface area contributed by atoms with Crippen molar-refractivity contribution in [1.82, 2.24) is 14.7 Å². The Morgan fingerprint density at radius 3 is 1.93 bits per heavy atom. The van der Waals surface area contributed by atoms with E-state index < -0.39 is 0 Å². The number of hydrogen-bond acceptors (Lipinski definition) is 4. The molecule has 0 aliphatic carbocycles. The van der Waals surface area contributed by atoms with Crippen molar-refractivity contribution < 1.29 is 9.59 Å². The Kier molecular flexibility index (Phi) is 5.76. The lowest BCUT2D eigenvalue weighted by atomic mass is 10.1. The van der Waals surface area contributed by atoms with E-state index >= 15 is 0 Å². The molecule has 0 radical (unpaired) electrons. The highest BCUT2D eigenvalue weighted by Crippen LogP contribution is 2.22. The molecule has 6 heteroatoms. The summed E-state index contributed by atoms with van der Waals surface area (Å²) in [5.41, 5.74) is 2.34. The topological polar surface area (TPSA) is 43.9 Å². The van der Waals surface area contributed by atoms with Crippen molar-refractivity contribution in [2.45, 2.75) is 13.0 Å². The summed E-state index contributed by atoms with van der Waals surface area (Å²) in [6, 6.07) is 15.1. The first-order chi connectivity index (χ1) is 13.6. The summed E-state index contributed by atoms with van der Waals surface area (Å²) in [4.78, 5) is 31.1. The molecule has 0 saturated carbocycles. The zero-order chi connectivity index (χ0) is 19.5. The number of amides is 2. The number of benzene rings is 2. The van der Waals surface area contributed by atoms with Gasteiger partial charge < -0.3 is 4.90 Å². The van der Waals surface area contributed by atoms with Gasteiger partial charge in [-0.3, -0.25) is 19.4 Å². The van der Waals surface area contributed by atoms with Gasteiger partial charge in [0, 0.05) is 44.3 Å². The fourth-order valence-corrected chi connectivity index (χ4v) is 4.04. The van der Waals surface area contributed by atoms with Crippen LogP contribution in [0.4, 0.5) is 0 Å². The normalized spacial score (nSPS) is 18.0. The van der Waals surface area contributed by atoms with Gasteiger partial charge in [0.05, 0.1) is 11.1 Å². The number of rotatable bonds is 6. The molecule has 2 aliphatic heterocycles. The highest BCUT2D eigenvalue weighted by atomic mass is 35.5. The van der Waals surface area contributed by atoms with E-state index in [2.05, 4.69) is 21.9 Å². The molecule has 0 N–H and O–H groups in total. The number of imide groups is 1. The number of carbonyl (C=O) groups is 2. The average molecular weight is 398 g/mol. The van der Waals surface area contributed by atoms with Crippen LogP contribution in [-0.4, -0.2) is 65.8 Å². The van der Waals surface area contributed by atoms with Gasteiger partial charge in [-0.05, 0) is 42.8 Å². The molecule has 0 spiro atoms. The molecular formula is C22H24ClN3O2. The van der Waals surface area contributed by atoms with E-state index in [1.807, 2.05) is 12.1 Å². The van der Waals surface area contributed by atoms with Gasteiger partial charge in [-0.25, -0.2) is 0 Å². The Hall–Kier alpha value is -2.21. The number of carbonyl (C=O) groups excluding carboxylic acids is 2. The molecule has 0 aromatic heterocycles. The van der Waals surface area contributed by atoms with E-state index in [0.29, 0.717) is 17.7 Å². The third-order valence-electron chi connectivity index (χ3n) is 5.52. The first-order valence-corrected chi connectivity index (χ1v) is 10.1. The lowest BCUT2D eigenvalue weighted by Crippen LogP contribution is -2.46. The predicted octanol–water partition coefficient (Wildman–Crippen LogP) is 3.14. The fraction of sp³-hybridized carbons (Fsp3) is 0.364. The highest BCUT2D eigenvalue weighted by Gasteiger charge is 2.34. The van der Waals surface area contributed by atoms with Crippen LogP contribution >= 0.6 is 11.6 Å². The zero-order valence-corrected chi connectivity index (χ0v) is 16.6. The molecule has 2 amide bonds. The average Bonchev–Trinajstić information content (AvgIpc) is 2.96. The molecule has 2 aromatic carbocycles. The van der Waals surface area contributed by atoms with Gasteiger partial charge in [-0.1, -0.05) is 35.9 Å². The molecule has 0 atom stereocenters. The SMILES string of the molecule is O=C1c2ccccc2C(=O)N1CCCN1CCN(Cc2ccc(Cl)cc2)CC1. The summed E-state index contributed by atoms with van der Waals surface area (Å²) < 4.78 is 0. The molecule has 146 valence electrons. The number of halogens is 1. The number of fused-ring (bicyclic) bond motifs is 1. The zero-order valence-electron chi connectivity index (χ0n) is 15.8. The van der Waals surface area contributed by atoms with E-state index in [9.17, 15) is 9.59 Å². The lowest BCUT2D eigenvalue weighted by molar-refractivity contribution is 0.0640. The van der Waals surface area contributed by atoms with Crippen molar-refractivity contribution in [3.63, 3.8) is 0 Å². The maximum absolute atomic E-state index is 12.4. The first-order valence-electron chi connectivity index (χ1n) is 9.76. The van der Waals surface area contributed by atoms with Gasteiger partial charge in [-0.2, -0.15) is 0 Å². The van der Waals surface area contributed by atoms with Crippen LogP contribution in [0.1, 0.15) is 32.7 Å². The molecular weight excluding hydrogens is 374 g/mol. The Bertz CT molecular complexity index is 825. The van der Waals surface area contributed by atoms with Crippen LogP contribution in [0, 0.1) is 0 Å². The Labute approximate surface area is 170 Å². The number of piperazine rings is 1. The summed E-state index contributed by atoms with van der Waals surface area (Å²) in [6.07, 6.45) is 0.808. The van der Waals surface area contributed by atoms with Crippen LogP contribution in [-0.2, 0) is 6.54 Å². The number of nitrogens with zero attached hydrogens (tertiary/aromatic N) is 3. The van der Waals surface area contributed by atoms with Crippen molar-refractivity contribution in [3.05, 3.63) is 70.2 Å². The summed E-state index contributed by atoms with van der Waals surface area (Å²) in [5, 5.41) is 0.770. The summed E-state index contributed by atoms with van der Waals surface area (Å²) in [6.45, 7) is 6.40. The largest absolute Gasteiger partial charge is 0.301 e. The van der Waals surface area contributed by atoms with Gasteiger partial charge in [-0.15, -0.1) is 0 Å². The van der Waals surface area contributed by atoms with E-state index in [-0.39, 0.29) is 11.8 Å². The van der Waals surface area contributed by atoms with E-state index in [4.69, 9.17) is 11.6 Å². The lowest BCUT2D eigenvalue weighted by Gasteiger charge is -2.35. The summed E-state index contributed by atoms with van der Waals surface area (Å²) in [5.74, 6) is -0.318. The molecule has 28 heavy (non-hydrogen) atoms. The standard InChI is InChI=1S/C22H24ClN3O2/c23-18-8-6-17(7-9-18)16-25-14-12-24(13-15-25)10-3-11-26-21(27)19-4-1-2-5-20(19)22(26)28/h1-2,4-9H,3,10-16H2. The molecule has 4 rings (SSSR count). The Morgan fingerprint density at radius 2 is 1.32 bits per heavy atom. The monoisotopic (exact) mass is 397 g/mol. The van der Waals surface area contributed by atoms with Crippen LogP contribution in [0.2, 0.25) is 5.02 Å². The van der Waals surface area contributed by atoms with E-state index in [1.54, 1.807) is 24.3 Å². The van der Waals surface area contributed by atoms with Crippen molar-refractivity contribution in [2.75, 3.05) is 39.3 Å². The minimum absolute atomic E-state index is 0.159. The predicted molar refractivity (Wildman–Crippen MR) is 110 cm³/mol. The van der Waals surface area contributed by atoms with Crippen LogP contribution < -0.4 is 0 Å². The summed E-state index contributed by atoms with van der Waals surface area (Å²) >= 11 is 5.95. The number of hydrogen-bond donors (Lipinski definition) is 0. The second kappa shape index (κ2) is 8.43. The van der Waals surface area contributed by atoms with Crippen molar-refractivity contribution in [1.29, 1.82) is 0 Å². The van der Waals surface area contributed by atoms with Crippen molar-refractivity contribution in [3.8, 4) is 0 Å². The van der Waals surface area contributed by atoms with Gasteiger partial charge in [0.2, 0.25) is 0 Å². The minimum atomic E-state index is -0.159. The molecule has 0 unspecified atom stereocenters. The minimum Gasteiger partial charge on any atom is -0.301 e. The molecule has 2 aromatic rings. The second-order valence-corrected chi connectivity index (χ2v) is 7.84. The van der Waals surface area contributed by atoms with Crippen LogP contribution in [0.5, 0.6) is 0 Å². The molecule has 5 nitrogen and oxygen atoms in total. The van der Waals surface area contributed by atoms with E-state index in [0.717, 1.165) is 50.7 Å².